The average Bonchev–Trinajstić information content (AvgIpc) is 2.23. The third-order valence-electron chi connectivity index (χ3n) is 2.42. The molecule has 3 nitrogen and oxygen atoms in total. The summed E-state index contributed by atoms with van der Waals surface area (Å²) in [6, 6.07) is 4.37. The van der Waals surface area contributed by atoms with Gasteiger partial charge in [-0.3, -0.25) is 0 Å². The Kier molecular flexibility index (Phi) is 5.80. The Bertz CT molecular complexity index is 307. The molecule has 1 heterocycles. The summed E-state index contributed by atoms with van der Waals surface area (Å²) in [6.07, 6.45) is 0.951. The van der Waals surface area contributed by atoms with Gasteiger partial charge in [0.25, 0.3) is 0 Å². The molecule has 4 heteroatoms. The van der Waals surface area contributed by atoms with Crippen molar-refractivity contribution in [3.05, 3.63) is 23.4 Å². The van der Waals surface area contributed by atoms with Crippen molar-refractivity contribution in [2.45, 2.75) is 31.3 Å². The smallest absolute Gasteiger partial charge is 0.0965 e. The molecule has 0 aromatic carbocycles. The second kappa shape index (κ2) is 6.89. The second-order valence-corrected chi connectivity index (χ2v) is 5.04. The maximum atomic E-state index is 9.02. The summed E-state index contributed by atoms with van der Waals surface area (Å²) < 4.78 is 0. The predicted octanol–water partition coefficient (Wildman–Crippen LogP) is 1.76. The number of likely N-dealkylation sites (N-methyl/N-ethyl adjacent to an activating group) is 1. The fourth-order valence-corrected chi connectivity index (χ4v) is 2.60. The molecule has 1 aromatic rings. The molecular weight excluding hydrogens is 220 g/mol. The Morgan fingerprint density at radius 1 is 1.44 bits per heavy atom. The van der Waals surface area contributed by atoms with Crippen LogP contribution in [-0.2, 0) is 0 Å². The Morgan fingerprint density at radius 3 is 2.75 bits per heavy atom. The van der Waals surface area contributed by atoms with Crippen molar-refractivity contribution in [2.75, 3.05) is 19.4 Å². The topological polar surface area (TPSA) is 45.1 Å². The maximum absolute atomic E-state index is 9.02. The van der Waals surface area contributed by atoms with Crippen LogP contribution in [0.2, 0.25) is 0 Å². The molecule has 90 valence electrons. The summed E-state index contributed by atoms with van der Waals surface area (Å²) in [6.45, 7) is 4.29. The van der Waals surface area contributed by atoms with Crippen molar-refractivity contribution in [2.24, 2.45) is 0 Å². The number of aromatic nitrogens is 1. The average molecular weight is 240 g/mol. The lowest BCUT2D eigenvalue weighted by atomic mass is 10.2. The van der Waals surface area contributed by atoms with Crippen molar-refractivity contribution >= 4 is 11.8 Å². The number of hydrogen-bond donors (Lipinski definition) is 2. The van der Waals surface area contributed by atoms with Gasteiger partial charge in [-0.15, -0.1) is 11.8 Å². The highest BCUT2D eigenvalue weighted by Crippen LogP contribution is 2.18. The van der Waals surface area contributed by atoms with Gasteiger partial charge in [0.15, 0.2) is 0 Å². The molecule has 1 rings (SSSR count). The van der Waals surface area contributed by atoms with Crippen molar-refractivity contribution in [3.63, 3.8) is 0 Å². The first kappa shape index (κ1) is 13.5. The number of rotatable bonds is 6. The first-order valence-corrected chi connectivity index (χ1v) is 6.50. The van der Waals surface area contributed by atoms with Gasteiger partial charge in [-0.05, 0) is 45.0 Å². The molecule has 2 N–H and O–H groups in total. The molecule has 0 radical (unpaired) electrons. The minimum Gasteiger partial charge on any atom is -0.395 e. The zero-order chi connectivity index (χ0) is 12.0. The van der Waals surface area contributed by atoms with Crippen LogP contribution in [0.25, 0.3) is 0 Å². The third-order valence-corrected chi connectivity index (χ3v) is 3.36. The first-order valence-electron chi connectivity index (χ1n) is 5.52. The summed E-state index contributed by atoms with van der Waals surface area (Å²) in [5.74, 6) is 0.974. The number of aryl methyl sites for hydroxylation is 2. The molecule has 0 fully saturated rings. The van der Waals surface area contributed by atoms with Gasteiger partial charge in [0.1, 0.15) is 0 Å². The van der Waals surface area contributed by atoms with E-state index in [4.69, 9.17) is 5.11 Å². The van der Waals surface area contributed by atoms with Crippen molar-refractivity contribution in [1.82, 2.24) is 10.3 Å². The van der Waals surface area contributed by atoms with Gasteiger partial charge >= 0.3 is 0 Å². The van der Waals surface area contributed by atoms with Gasteiger partial charge in [-0.25, -0.2) is 4.98 Å². The fourth-order valence-electron chi connectivity index (χ4n) is 1.51. The standard InChI is InChI=1S/C12H20N2OS/c1-9-6-10(2)14-12(7-9)16-5-4-11(8-15)13-3/h6-7,11,13,15H,4-5,8H2,1-3H3. The van der Waals surface area contributed by atoms with Crippen molar-refractivity contribution < 1.29 is 5.11 Å². The molecule has 0 amide bonds. The SMILES string of the molecule is CNC(CO)CCSc1cc(C)cc(C)n1. The van der Waals surface area contributed by atoms with Crippen LogP contribution in [0.1, 0.15) is 17.7 Å². The van der Waals surface area contributed by atoms with E-state index in [-0.39, 0.29) is 12.6 Å². The molecule has 1 atom stereocenters. The number of aliphatic hydroxyl groups excluding tert-OH is 1. The van der Waals surface area contributed by atoms with E-state index in [9.17, 15) is 0 Å². The highest BCUT2D eigenvalue weighted by atomic mass is 32.2. The number of aliphatic hydroxyl groups is 1. The van der Waals surface area contributed by atoms with Gasteiger partial charge in [-0.1, -0.05) is 0 Å². The first-order chi connectivity index (χ1) is 7.65. The van der Waals surface area contributed by atoms with E-state index in [2.05, 4.69) is 29.4 Å². The quantitative estimate of drug-likeness (QED) is 0.744. The monoisotopic (exact) mass is 240 g/mol. The summed E-state index contributed by atoms with van der Waals surface area (Å²) in [4.78, 5) is 4.46. The van der Waals surface area contributed by atoms with E-state index >= 15 is 0 Å². The number of pyridine rings is 1. The number of hydrogen-bond acceptors (Lipinski definition) is 4. The van der Waals surface area contributed by atoms with Crippen LogP contribution in [0.4, 0.5) is 0 Å². The van der Waals surface area contributed by atoms with Crippen molar-refractivity contribution in [1.29, 1.82) is 0 Å². The maximum Gasteiger partial charge on any atom is 0.0965 e. The number of thioether (sulfide) groups is 1. The number of nitrogens with zero attached hydrogens (tertiary/aromatic N) is 1. The number of nitrogens with one attached hydrogen (secondary N) is 1. The molecule has 0 aliphatic heterocycles. The largest absolute Gasteiger partial charge is 0.395 e. The van der Waals surface area contributed by atoms with E-state index in [0.717, 1.165) is 22.9 Å². The molecule has 0 spiro atoms. The molecule has 1 unspecified atom stereocenters. The fraction of sp³-hybridized carbons (Fsp3) is 0.583. The van der Waals surface area contributed by atoms with Gasteiger partial charge in [0, 0.05) is 17.5 Å². The van der Waals surface area contributed by atoms with Crippen LogP contribution in [0, 0.1) is 13.8 Å². The van der Waals surface area contributed by atoms with Crippen LogP contribution in [0.15, 0.2) is 17.2 Å². The van der Waals surface area contributed by atoms with Gasteiger partial charge in [-0.2, -0.15) is 0 Å². The van der Waals surface area contributed by atoms with Crippen LogP contribution in [-0.4, -0.2) is 35.5 Å². The summed E-state index contributed by atoms with van der Waals surface area (Å²) >= 11 is 1.75. The lowest BCUT2D eigenvalue weighted by Crippen LogP contribution is -2.29. The molecule has 0 saturated heterocycles. The molecule has 0 saturated carbocycles. The zero-order valence-corrected chi connectivity index (χ0v) is 11.0. The molecule has 16 heavy (non-hydrogen) atoms. The third kappa shape index (κ3) is 4.51. The molecule has 0 aliphatic carbocycles. The van der Waals surface area contributed by atoms with E-state index in [1.807, 2.05) is 14.0 Å². The summed E-state index contributed by atoms with van der Waals surface area (Å²) in [5, 5.41) is 13.2. The lowest BCUT2D eigenvalue weighted by molar-refractivity contribution is 0.246. The van der Waals surface area contributed by atoms with E-state index in [1.165, 1.54) is 5.56 Å². The van der Waals surface area contributed by atoms with E-state index in [0.29, 0.717) is 0 Å². The van der Waals surface area contributed by atoms with Gasteiger partial charge in [0.2, 0.25) is 0 Å². The van der Waals surface area contributed by atoms with Crippen molar-refractivity contribution in [3.8, 4) is 0 Å². The Morgan fingerprint density at radius 2 is 2.19 bits per heavy atom. The van der Waals surface area contributed by atoms with Crippen LogP contribution in [0.3, 0.4) is 0 Å². The lowest BCUT2D eigenvalue weighted by Gasteiger charge is -2.12. The highest BCUT2D eigenvalue weighted by Gasteiger charge is 2.05. The molecule has 1 aromatic heterocycles. The minimum absolute atomic E-state index is 0.192. The van der Waals surface area contributed by atoms with E-state index in [1.54, 1.807) is 11.8 Å². The summed E-state index contributed by atoms with van der Waals surface area (Å²) in [5.41, 5.74) is 2.32. The summed E-state index contributed by atoms with van der Waals surface area (Å²) in [7, 11) is 1.88. The Balaban J connectivity index is 2.42. The minimum atomic E-state index is 0.192. The van der Waals surface area contributed by atoms with Gasteiger partial charge < -0.3 is 10.4 Å². The predicted molar refractivity (Wildman–Crippen MR) is 69.0 cm³/mol. The Labute approximate surface area is 102 Å². The van der Waals surface area contributed by atoms with Crippen LogP contribution in [0.5, 0.6) is 0 Å². The van der Waals surface area contributed by atoms with Gasteiger partial charge in [0.05, 0.1) is 11.6 Å². The molecular formula is C12H20N2OS. The molecule has 0 aliphatic rings. The Hall–Kier alpha value is -0.580. The van der Waals surface area contributed by atoms with E-state index < -0.39 is 0 Å². The van der Waals surface area contributed by atoms with Crippen LogP contribution < -0.4 is 5.32 Å². The highest BCUT2D eigenvalue weighted by molar-refractivity contribution is 7.99. The normalized spacial score (nSPS) is 12.8. The zero-order valence-electron chi connectivity index (χ0n) is 10.2. The second-order valence-electron chi connectivity index (χ2n) is 3.93. The van der Waals surface area contributed by atoms with Crippen LogP contribution >= 0.6 is 11.8 Å². The molecule has 0 bridgehead atoms.